The van der Waals surface area contributed by atoms with E-state index < -0.39 is 0 Å². The molecule has 180 valence electrons. The number of benzene rings is 1. The molecule has 0 saturated carbocycles. The van der Waals surface area contributed by atoms with Gasteiger partial charge in [0.1, 0.15) is 11.5 Å². The average Bonchev–Trinajstić information content (AvgIpc) is 2.80. The van der Waals surface area contributed by atoms with Gasteiger partial charge in [-0.2, -0.15) is 0 Å². The van der Waals surface area contributed by atoms with E-state index in [0.29, 0.717) is 5.69 Å². The van der Waals surface area contributed by atoms with Crippen LogP contribution >= 0.6 is 0 Å². The molecule has 7 nitrogen and oxygen atoms in total. The van der Waals surface area contributed by atoms with Gasteiger partial charge in [0.2, 0.25) is 5.91 Å². The molecule has 1 aromatic heterocycles. The first-order chi connectivity index (χ1) is 15.8. The number of hydrogen-bond acceptors (Lipinski definition) is 5. The Labute approximate surface area is 196 Å². The molecule has 1 atom stereocenters. The third-order valence-corrected chi connectivity index (χ3v) is 5.60. The second-order valence-corrected chi connectivity index (χ2v) is 8.28. The number of halogens is 1. The van der Waals surface area contributed by atoms with Gasteiger partial charge in [-0.25, -0.2) is 9.37 Å². The van der Waals surface area contributed by atoms with Gasteiger partial charge in [-0.15, -0.1) is 0 Å². The lowest BCUT2D eigenvalue weighted by Crippen LogP contribution is -2.38. The van der Waals surface area contributed by atoms with Gasteiger partial charge in [0.05, 0.1) is 11.9 Å². The van der Waals surface area contributed by atoms with Crippen LogP contribution in [0.25, 0.3) is 0 Å². The first kappa shape index (κ1) is 26.4. The second kappa shape index (κ2) is 13.6. The minimum atomic E-state index is -0.338. The Kier molecular flexibility index (Phi) is 10.9. The molecule has 0 saturated heterocycles. The van der Waals surface area contributed by atoms with E-state index in [1.54, 1.807) is 24.0 Å². The Morgan fingerprint density at radius 1 is 1.06 bits per heavy atom. The maximum atomic E-state index is 13.3. The van der Waals surface area contributed by atoms with E-state index in [2.05, 4.69) is 34.0 Å². The largest absolute Gasteiger partial charge is 0.354 e. The monoisotopic (exact) mass is 457 g/mol. The molecule has 0 spiro atoms. The lowest BCUT2D eigenvalue weighted by Gasteiger charge is -2.23. The van der Waals surface area contributed by atoms with E-state index in [1.807, 2.05) is 6.92 Å². The molecule has 0 fully saturated rings. The summed E-state index contributed by atoms with van der Waals surface area (Å²) in [6.07, 6.45) is 5.07. The number of rotatable bonds is 13. The molecule has 1 N–H and O–H groups in total. The average molecular weight is 458 g/mol. The van der Waals surface area contributed by atoms with E-state index in [4.69, 9.17) is 0 Å². The van der Waals surface area contributed by atoms with Crippen LogP contribution in [-0.4, -0.2) is 63.8 Å². The van der Waals surface area contributed by atoms with Gasteiger partial charge >= 0.3 is 0 Å². The Hall–Kier alpha value is -2.87. The van der Waals surface area contributed by atoms with Gasteiger partial charge in [-0.3, -0.25) is 14.6 Å². The molecular formula is C25H36FN5O2. The molecule has 0 aliphatic rings. The molecule has 0 aliphatic heterocycles. The van der Waals surface area contributed by atoms with Crippen molar-refractivity contribution in [3.05, 3.63) is 59.4 Å². The summed E-state index contributed by atoms with van der Waals surface area (Å²) in [6, 6.07) is 6.05. The van der Waals surface area contributed by atoms with Crippen LogP contribution < -0.4 is 5.32 Å². The summed E-state index contributed by atoms with van der Waals surface area (Å²) < 4.78 is 13.3. The van der Waals surface area contributed by atoms with Crippen molar-refractivity contribution < 1.29 is 14.0 Å². The van der Waals surface area contributed by atoms with Crippen LogP contribution in [0.4, 0.5) is 4.39 Å². The normalized spacial score (nSPS) is 11.9. The molecule has 2 rings (SSSR count). The summed E-state index contributed by atoms with van der Waals surface area (Å²) in [5.41, 5.74) is 1.70. The van der Waals surface area contributed by atoms with Crippen molar-refractivity contribution in [2.24, 2.45) is 0 Å². The van der Waals surface area contributed by atoms with Crippen LogP contribution in [-0.2, 0) is 11.3 Å². The van der Waals surface area contributed by atoms with Crippen molar-refractivity contribution in [3.63, 3.8) is 0 Å². The predicted molar refractivity (Wildman–Crippen MR) is 127 cm³/mol. The smallest absolute Gasteiger partial charge is 0.274 e. The van der Waals surface area contributed by atoms with Crippen LogP contribution in [0.3, 0.4) is 0 Å². The van der Waals surface area contributed by atoms with Crippen LogP contribution in [0.5, 0.6) is 0 Å². The van der Waals surface area contributed by atoms with Crippen LogP contribution in [0.2, 0.25) is 0 Å². The third-order valence-electron chi connectivity index (χ3n) is 5.60. The van der Waals surface area contributed by atoms with Crippen molar-refractivity contribution in [1.82, 2.24) is 25.1 Å². The maximum Gasteiger partial charge on any atom is 0.274 e. The quantitative estimate of drug-likeness (QED) is 0.497. The number of carbonyl (C=O) groups excluding carboxylic acids is 2. The second-order valence-electron chi connectivity index (χ2n) is 8.28. The molecule has 33 heavy (non-hydrogen) atoms. The zero-order valence-electron chi connectivity index (χ0n) is 20.2. The minimum absolute atomic E-state index is 0.0669. The van der Waals surface area contributed by atoms with Crippen molar-refractivity contribution in [1.29, 1.82) is 0 Å². The fourth-order valence-electron chi connectivity index (χ4n) is 3.54. The summed E-state index contributed by atoms with van der Waals surface area (Å²) in [5.74, 6) is -0.750. The zero-order chi connectivity index (χ0) is 24.2. The number of aryl methyl sites for hydroxylation is 1. The number of amides is 2. The molecule has 0 aliphatic carbocycles. The van der Waals surface area contributed by atoms with Crippen molar-refractivity contribution in [3.8, 4) is 0 Å². The Bertz CT molecular complexity index is 869. The molecular weight excluding hydrogens is 421 g/mol. The highest BCUT2D eigenvalue weighted by Gasteiger charge is 2.19. The number of nitrogens with one attached hydrogen (secondary N) is 1. The predicted octanol–water partition coefficient (Wildman–Crippen LogP) is 3.58. The van der Waals surface area contributed by atoms with Crippen LogP contribution in [0.1, 0.15) is 61.8 Å². The number of hydrogen-bond donors (Lipinski definition) is 1. The Morgan fingerprint density at radius 3 is 2.36 bits per heavy atom. The molecule has 2 aromatic rings. The zero-order valence-corrected chi connectivity index (χ0v) is 20.2. The van der Waals surface area contributed by atoms with Crippen molar-refractivity contribution >= 4 is 11.8 Å². The standard InChI is InChI=1S/C25H36FN5O2/c1-5-30(6-2)14-7-8-19(3)29-24(32)13-15-31(18-21-9-11-22(26)12-10-21)25(33)23-17-27-20(4)16-28-23/h9-12,16-17,19H,5-8,13-15,18H2,1-4H3,(H,29,32). The summed E-state index contributed by atoms with van der Waals surface area (Å²) in [7, 11) is 0. The van der Waals surface area contributed by atoms with Crippen LogP contribution in [0.15, 0.2) is 36.7 Å². The van der Waals surface area contributed by atoms with E-state index in [1.165, 1.54) is 24.5 Å². The van der Waals surface area contributed by atoms with E-state index in [9.17, 15) is 14.0 Å². The molecule has 0 radical (unpaired) electrons. The minimum Gasteiger partial charge on any atom is -0.354 e. The molecule has 1 heterocycles. The van der Waals surface area contributed by atoms with Gasteiger partial charge in [-0.1, -0.05) is 26.0 Å². The highest BCUT2D eigenvalue weighted by atomic mass is 19.1. The lowest BCUT2D eigenvalue weighted by molar-refractivity contribution is -0.121. The van der Waals surface area contributed by atoms with Crippen molar-refractivity contribution in [2.45, 2.75) is 59.5 Å². The van der Waals surface area contributed by atoms with E-state index in [0.717, 1.165) is 38.0 Å². The first-order valence-electron chi connectivity index (χ1n) is 11.7. The fourth-order valence-corrected chi connectivity index (χ4v) is 3.54. The van der Waals surface area contributed by atoms with Gasteiger partial charge in [0.25, 0.3) is 5.91 Å². The van der Waals surface area contributed by atoms with Gasteiger partial charge in [0.15, 0.2) is 0 Å². The molecule has 1 unspecified atom stereocenters. The SMILES string of the molecule is CCN(CC)CCCC(C)NC(=O)CCN(Cc1ccc(F)cc1)C(=O)c1cnc(C)cn1. The lowest BCUT2D eigenvalue weighted by atomic mass is 10.1. The third kappa shape index (κ3) is 9.26. The summed E-state index contributed by atoms with van der Waals surface area (Å²) in [6.45, 7) is 11.7. The first-order valence-corrected chi connectivity index (χ1v) is 11.7. The highest BCUT2D eigenvalue weighted by molar-refractivity contribution is 5.92. The molecule has 1 aromatic carbocycles. The number of aromatic nitrogens is 2. The maximum absolute atomic E-state index is 13.3. The fraction of sp³-hybridized carbons (Fsp3) is 0.520. The summed E-state index contributed by atoms with van der Waals surface area (Å²) in [4.78, 5) is 37.8. The van der Waals surface area contributed by atoms with Gasteiger partial charge in [-0.05, 0) is 64.0 Å². The Morgan fingerprint density at radius 2 is 1.76 bits per heavy atom. The van der Waals surface area contributed by atoms with E-state index in [-0.39, 0.29) is 48.9 Å². The van der Waals surface area contributed by atoms with Gasteiger partial charge in [0, 0.05) is 31.7 Å². The van der Waals surface area contributed by atoms with Crippen molar-refractivity contribution in [2.75, 3.05) is 26.2 Å². The number of nitrogens with zero attached hydrogens (tertiary/aromatic N) is 4. The van der Waals surface area contributed by atoms with E-state index >= 15 is 0 Å². The summed E-state index contributed by atoms with van der Waals surface area (Å²) >= 11 is 0. The van der Waals surface area contributed by atoms with Gasteiger partial charge < -0.3 is 15.1 Å². The molecule has 2 amide bonds. The highest BCUT2D eigenvalue weighted by Crippen LogP contribution is 2.11. The number of carbonyl (C=O) groups is 2. The topological polar surface area (TPSA) is 78.4 Å². The molecule has 8 heteroatoms. The summed E-state index contributed by atoms with van der Waals surface area (Å²) in [5, 5.41) is 3.03. The van der Waals surface area contributed by atoms with Crippen LogP contribution in [0, 0.1) is 12.7 Å². The Balaban J connectivity index is 1.94. The molecule has 0 bridgehead atoms.